The normalized spacial score (nSPS) is 12.4. The first-order valence-corrected chi connectivity index (χ1v) is 6.01. The molecule has 2 radical (unpaired) electrons. The smallest absolute Gasteiger partial charge is 0.0683 e. The van der Waals surface area contributed by atoms with Gasteiger partial charge in [-0.05, 0) is 5.31 Å². The average Bonchev–Trinajstić information content (AvgIpc) is 2.35. The molecule has 0 aliphatic rings. The van der Waals surface area contributed by atoms with Gasteiger partial charge in [-0.3, -0.25) is 0 Å². The Kier molecular flexibility index (Phi) is 10.9. The van der Waals surface area contributed by atoms with E-state index in [2.05, 4.69) is 26.0 Å². The van der Waals surface area contributed by atoms with Gasteiger partial charge in [0, 0.05) is 0 Å². The van der Waals surface area contributed by atoms with Crippen molar-refractivity contribution in [3.63, 3.8) is 0 Å². The molecule has 1 rings (SSSR count). The maximum absolute atomic E-state index is 6.04. The molecule has 0 bridgehead atoms. The van der Waals surface area contributed by atoms with Crippen molar-refractivity contribution in [2.75, 3.05) is 0 Å². The largest absolute Gasteiger partial charge is 0.0806 e. The van der Waals surface area contributed by atoms with Crippen LogP contribution in [0.5, 0.6) is 0 Å². The second-order valence-corrected chi connectivity index (χ2v) is 3.14. The second kappa shape index (κ2) is 9.83. The van der Waals surface area contributed by atoms with E-state index in [9.17, 15) is 0 Å². The molecule has 15 heavy (non-hydrogen) atoms. The summed E-state index contributed by atoms with van der Waals surface area (Å²) in [5.74, 6) is 0. The van der Waals surface area contributed by atoms with Gasteiger partial charge in [0.25, 0.3) is 0 Å². The minimum Gasteiger partial charge on any atom is -0.0683 e. The summed E-state index contributed by atoms with van der Waals surface area (Å²) in [5, 5.41) is -0.165. The average molecular weight is 204 g/mol. The van der Waals surface area contributed by atoms with Gasteiger partial charge in [-0.25, -0.2) is 0 Å². The Labute approximate surface area is 97.5 Å². The fourth-order valence-corrected chi connectivity index (χ4v) is 1.02. The van der Waals surface area contributed by atoms with Crippen LogP contribution in [0.3, 0.4) is 0 Å². The Morgan fingerprint density at radius 2 is 1.40 bits per heavy atom. The number of benzene rings is 1. The molecular formula is C14H25B. The summed E-state index contributed by atoms with van der Waals surface area (Å²) in [6, 6.07) is 10.2. The van der Waals surface area contributed by atoms with Gasteiger partial charge in [-0.2, -0.15) is 0 Å². The molecule has 0 amide bonds. The topological polar surface area (TPSA) is 0 Å². The van der Waals surface area contributed by atoms with Gasteiger partial charge < -0.3 is 0 Å². The third-order valence-corrected chi connectivity index (χ3v) is 2.17. The Bertz CT molecular complexity index is 214. The molecule has 0 saturated carbocycles. The summed E-state index contributed by atoms with van der Waals surface area (Å²) in [7, 11) is 6.04. The van der Waals surface area contributed by atoms with Crippen LogP contribution in [0.25, 0.3) is 0 Å². The summed E-state index contributed by atoms with van der Waals surface area (Å²) in [6.45, 7) is 12.2. The third-order valence-electron chi connectivity index (χ3n) is 2.17. The summed E-state index contributed by atoms with van der Waals surface area (Å²) in [5.41, 5.74) is 1.21. The van der Waals surface area contributed by atoms with E-state index < -0.39 is 0 Å². The molecule has 0 aliphatic carbocycles. The molecule has 0 aliphatic heterocycles. The fourth-order valence-electron chi connectivity index (χ4n) is 1.02. The van der Waals surface area contributed by atoms with Gasteiger partial charge in [0.1, 0.15) is 0 Å². The van der Waals surface area contributed by atoms with Crippen LogP contribution in [0.4, 0.5) is 0 Å². The van der Waals surface area contributed by atoms with Crippen molar-refractivity contribution >= 4 is 7.85 Å². The van der Waals surface area contributed by atoms with E-state index in [0.29, 0.717) is 0 Å². The molecule has 84 valence electrons. The van der Waals surface area contributed by atoms with Crippen LogP contribution in [0, 0.1) is 0 Å². The summed E-state index contributed by atoms with van der Waals surface area (Å²) in [6.07, 6.45) is 0.969. The summed E-state index contributed by atoms with van der Waals surface area (Å²) < 4.78 is 0. The number of rotatable bonds is 2. The first-order chi connectivity index (χ1) is 7.17. The first-order valence-electron chi connectivity index (χ1n) is 6.01. The van der Waals surface area contributed by atoms with Gasteiger partial charge in [0.05, 0.1) is 7.85 Å². The van der Waals surface area contributed by atoms with E-state index in [-0.39, 0.29) is 5.31 Å². The molecular weight excluding hydrogens is 179 g/mol. The molecule has 1 heteroatoms. The van der Waals surface area contributed by atoms with E-state index in [0.717, 1.165) is 6.42 Å². The Morgan fingerprint density at radius 3 is 1.73 bits per heavy atom. The van der Waals surface area contributed by atoms with Crippen LogP contribution < -0.4 is 0 Å². The quantitative estimate of drug-likeness (QED) is 0.620. The van der Waals surface area contributed by atoms with Crippen LogP contribution in [0.1, 0.15) is 53.5 Å². The highest BCUT2D eigenvalue weighted by Crippen LogP contribution is 2.22. The van der Waals surface area contributed by atoms with Crippen LogP contribution in [-0.2, 0) is 5.31 Å². The second-order valence-electron chi connectivity index (χ2n) is 3.14. The van der Waals surface area contributed by atoms with E-state index in [1.165, 1.54) is 5.56 Å². The van der Waals surface area contributed by atoms with Crippen molar-refractivity contribution in [2.24, 2.45) is 0 Å². The Morgan fingerprint density at radius 1 is 1.00 bits per heavy atom. The van der Waals surface area contributed by atoms with Crippen molar-refractivity contribution in [3.8, 4) is 0 Å². The lowest BCUT2D eigenvalue weighted by Gasteiger charge is -2.23. The van der Waals surface area contributed by atoms with Crippen molar-refractivity contribution in [3.05, 3.63) is 35.9 Å². The zero-order chi connectivity index (χ0) is 12.3. The highest BCUT2D eigenvalue weighted by Gasteiger charge is 2.15. The Hall–Kier alpha value is -0.715. The lowest BCUT2D eigenvalue weighted by molar-refractivity contribution is 0.649. The van der Waals surface area contributed by atoms with E-state index >= 15 is 0 Å². The maximum atomic E-state index is 6.04. The molecule has 1 aromatic rings. The molecule has 0 saturated heterocycles. The predicted molar refractivity (Wildman–Crippen MR) is 72.5 cm³/mol. The highest BCUT2D eigenvalue weighted by atomic mass is 14.1. The van der Waals surface area contributed by atoms with E-state index in [1.807, 2.05) is 45.9 Å². The third kappa shape index (κ3) is 6.38. The molecule has 1 unspecified atom stereocenters. The highest BCUT2D eigenvalue weighted by molar-refractivity contribution is 6.15. The fraction of sp³-hybridized carbons (Fsp3) is 0.571. The first kappa shape index (κ1) is 16.7. The standard InChI is InChI=1S/C10H13B.2C2H6/c1-3-10(2,11)9-7-5-4-6-8-9;2*1-2/h4-8H,3H2,1-2H3;2*1-2H3. The molecule has 0 aromatic heterocycles. The van der Waals surface area contributed by atoms with Gasteiger partial charge >= 0.3 is 0 Å². The van der Waals surface area contributed by atoms with Crippen molar-refractivity contribution in [1.82, 2.24) is 0 Å². The molecule has 0 N–H and O–H groups in total. The van der Waals surface area contributed by atoms with Crippen LogP contribution in [-0.4, -0.2) is 7.85 Å². The van der Waals surface area contributed by atoms with Crippen LogP contribution in [0.2, 0.25) is 0 Å². The van der Waals surface area contributed by atoms with Crippen LogP contribution >= 0.6 is 0 Å². The Balaban J connectivity index is 0. The summed E-state index contributed by atoms with van der Waals surface area (Å²) in [4.78, 5) is 0. The van der Waals surface area contributed by atoms with Gasteiger partial charge in [-0.15, -0.1) is 0 Å². The monoisotopic (exact) mass is 204 g/mol. The zero-order valence-corrected chi connectivity index (χ0v) is 11.2. The molecule has 1 atom stereocenters. The van der Waals surface area contributed by atoms with Crippen molar-refractivity contribution in [2.45, 2.75) is 53.3 Å². The maximum Gasteiger partial charge on any atom is 0.0806 e. The van der Waals surface area contributed by atoms with Gasteiger partial charge in [0.15, 0.2) is 0 Å². The van der Waals surface area contributed by atoms with Crippen molar-refractivity contribution < 1.29 is 0 Å². The van der Waals surface area contributed by atoms with Crippen molar-refractivity contribution in [1.29, 1.82) is 0 Å². The summed E-state index contributed by atoms with van der Waals surface area (Å²) >= 11 is 0. The number of hydrogen-bond acceptors (Lipinski definition) is 0. The van der Waals surface area contributed by atoms with E-state index in [4.69, 9.17) is 7.85 Å². The molecule has 1 aromatic carbocycles. The molecule has 0 nitrogen and oxygen atoms in total. The van der Waals surface area contributed by atoms with Crippen LogP contribution in [0.15, 0.2) is 30.3 Å². The molecule has 0 spiro atoms. The predicted octanol–water partition coefficient (Wildman–Crippen LogP) is 4.53. The lowest BCUT2D eigenvalue weighted by atomic mass is 9.64. The van der Waals surface area contributed by atoms with Gasteiger partial charge in [0.2, 0.25) is 0 Å². The van der Waals surface area contributed by atoms with Gasteiger partial charge in [-0.1, -0.05) is 83.9 Å². The molecule has 0 fully saturated rings. The lowest BCUT2D eigenvalue weighted by Crippen LogP contribution is -2.20. The number of hydrogen-bond donors (Lipinski definition) is 0. The van der Waals surface area contributed by atoms with E-state index in [1.54, 1.807) is 0 Å². The minimum atomic E-state index is -0.165. The minimum absolute atomic E-state index is 0.165. The zero-order valence-electron chi connectivity index (χ0n) is 11.2. The SMILES string of the molecule is CC.CC.[B]C(C)(CC)c1ccccc1. The molecule has 0 heterocycles.